The van der Waals surface area contributed by atoms with Crippen molar-refractivity contribution < 1.29 is 72.3 Å². The SMILES string of the molecule is CC#CC#CC#CC#CC#CC#CC#CC(=O)OC[C@H](COP(=O)(O)OC1C(O)[C@@H](CP(=O)(O)O)C(O)[C@@H](O)[C@H]1O)OC(=O)CCCCCCCCCCCCCCC. The first-order chi connectivity index (χ1) is 28.1. The van der Waals surface area contributed by atoms with Crippen molar-refractivity contribution in [3.05, 3.63) is 0 Å². The summed E-state index contributed by atoms with van der Waals surface area (Å²) >= 11 is 0. The van der Waals surface area contributed by atoms with Crippen molar-refractivity contribution in [1.82, 2.24) is 0 Å². The van der Waals surface area contributed by atoms with E-state index < -0.39 is 89.3 Å². The zero-order valence-electron chi connectivity index (χ0n) is 33.4. The fraction of sp³-hybridized carbons (Fsp3) is 0.619. The Hall–Kier alpha value is -4.04. The lowest BCUT2D eigenvalue weighted by atomic mass is 9.79. The van der Waals surface area contributed by atoms with Gasteiger partial charge in [0.1, 0.15) is 24.9 Å². The second kappa shape index (κ2) is 30.9. The summed E-state index contributed by atoms with van der Waals surface area (Å²) < 4.78 is 44.6. The van der Waals surface area contributed by atoms with Gasteiger partial charge < -0.3 is 44.6 Å². The molecule has 0 bridgehead atoms. The molecule has 0 heterocycles. The van der Waals surface area contributed by atoms with E-state index in [9.17, 15) is 53.8 Å². The molecule has 17 heteroatoms. The third kappa shape index (κ3) is 25.9. The predicted octanol–water partition coefficient (Wildman–Crippen LogP) is 2.72. The van der Waals surface area contributed by atoms with Gasteiger partial charge in [-0.05, 0) is 84.4 Å². The van der Waals surface area contributed by atoms with Gasteiger partial charge in [-0.3, -0.25) is 18.4 Å². The number of phosphoric acid groups is 1. The smallest absolute Gasteiger partial charge is 0.456 e. The van der Waals surface area contributed by atoms with Crippen LogP contribution in [-0.4, -0.2) is 103 Å². The van der Waals surface area contributed by atoms with Crippen molar-refractivity contribution in [2.24, 2.45) is 5.92 Å². The summed E-state index contributed by atoms with van der Waals surface area (Å²) in [7, 11) is -10.2. The van der Waals surface area contributed by atoms with Gasteiger partial charge in [0.2, 0.25) is 0 Å². The van der Waals surface area contributed by atoms with Gasteiger partial charge >= 0.3 is 27.4 Å². The van der Waals surface area contributed by atoms with Gasteiger partial charge in [0, 0.05) is 18.3 Å². The molecule has 1 rings (SSSR count). The summed E-state index contributed by atoms with van der Waals surface area (Å²) in [6.45, 7) is 2.21. The molecule has 0 aromatic carbocycles. The number of esters is 2. The topological polar surface area (TPSA) is 247 Å². The number of unbranched alkanes of at least 4 members (excludes halogenated alkanes) is 12. The number of hydrogen-bond acceptors (Lipinski definition) is 12. The molecule has 1 aliphatic rings. The van der Waals surface area contributed by atoms with Crippen molar-refractivity contribution in [3.8, 4) is 82.9 Å². The Morgan fingerprint density at radius 2 is 1.08 bits per heavy atom. The highest BCUT2D eigenvalue weighted by Gasteiger charge is 2.53. The zero-order valence-corrected chi connectivity index (χ0v) is 35.1. The van der Waals surface area contributed by atoms with E-state index in [1.54, 1.807) is 6.92 Å². The monoisotopic (exact) mass is 860 g/mol. The molecular formula is C42H54O15P2. The molecule has 0 saturated heterocycles. The van der Waals surface area contributed by atoms with Gasteiger partial charge in [0.25, 0.3) is 0 Å². The Morgan fingerprint density at radius 3 is 1.58 bits per heavy atom. The van der Waals surface area contributed by atoms with E-state index in [-0.39, 0.29) is 6.42 Å². The van der Waals surface area contributed by atoms with Gasteiger partial charge in [-0.25, -0.2) is 9.36 Å². The average Bonchev–Trinajstić information content (AvgIpc) is 3.18. The van der Waals surface area contributed by atoms with E-state index in [1.807, 2.05) is 0 Å². The average molecular weight is 861 g/mol. The van der Waals surface area contributed by atoms with Crippen LogP contribution in [0.5, 0.6) is 0 Å². The van der Waals surface area contributed by atoms with Crippen LogP contribution in [0.25, 0.3) is 0 Å². The van der Waals surface area contributed by atoms with E-state index in [2.05, 4.69) is 89.8 Å². The van der Waals surface area contributed by atoms with E-state index in [1.165, 1.54) is 44.9 Å². The first kappa shape index (κ1) is 53.0. The third-order valence-electron chi connectivity index (χ3n) is 8.54. The Kier molecular flexibility index (Phi) is 27.8. The minimum absolute atomic E-state index is 0.0211. The molecule has 0 aromatic heterocycles. The molecule has 0 amide bonds. The van der Waals surface area contributed by atoms with Crippen LogP contribution in [0.4, 0.5) is 0 Å². The Balaban J connectivity index is 2.84. The van der Waals surface area contributed by atoms with E-state index in [4.69, 9.17) is 18.5 Å². The van der Waals surface area contributed by atoms with Crippen LogP contribution < -0.4 is 0 Å². The van der Waals surface area contributed by atoms with E-state index >= 15 is 0 Å². The number of ether oxygens (including phenoxy) is 2. The van der Waals surface area contributed by atoms with Crippen LogP contribution in [0, 0.1) is 88.8 Å². The number of carbonyl (C=O) groups is 2. The summed E-state index contributed by atoms with van der Waals surface area (Å²) in [5.41, 5.74) is 0. The molecule has 1 saturated carbocycles. The second-order valence-corrected chi connectivity index (χ2v) is 16.5. The number of rotatable bonds is 24. The zero-order chi connectivity index (χ0) is 43.9. The fourth-order valence-electron chi connectivity index (χ4n) is 5.58. The summed E-state index contributed by atoms with van der Waals surface area (Å²) in [4.78, 5) is 54.1. The first-order valence-electron chi connectivity index (χ1n) is 19.3. The van der Waals surface area contributed by atoms with Crippen LogP contribution in [0.2, 0.25) is 0 Å². The first-order valence-corrected chi connectivity index (χ1v) is 22.6. The molecule has 59 heavy (non-hydrogen) atoms. The molecular weight excluding hydrogens is 806 g/mol. The summed E-state index contributed by atoms with van der Waals surface area (Å²) in [6, 6.07) is 0. The maximum atomic E-state index is 12.9. The molecule has 0 aromatic rings. The molecule has 0 radical (unpaired) electrons. The van der Waals surface area contributed by atoms with E-state index in [0.29, 0.717) is 6.42 Å². The van der Waals surface area contributed by atoms with Crippen LogP contribution in [-0.2, 0) is 37.2 Å². The molecule has 0 spiro atoms. The number of hydrogen-bond donors (Lipinski definition) is 7. The highest BCUT2D eigenvalue weighted by molar-refractivity contribution is 7.51. The number of carbonyl (C=O) groups excluding carboxylic acids is 2. The molecule has 7 N–H and O–H groups in total. The van der Waals surface area contributed by atoms with Gasteiger partial charge in [-0.15, -0.1) is 0 Å². The van der Waals surface area contributed by atoms with Gasteiger partial charge in [-0.1, -0.05) is 89.9 Å². The molecule has 15 nitrogen and oxygen atoms in total. The van der Waals surface area contributed by atoms with Crippen LogP contribution in [0.1, 0.15) is 104 Å². The van der Waals surface area contributed by atoms with Crippen molar-refractivity contribution in [3.63, 3.8) is 0 Å². The molecule has 1 aliphatic carbocycles. The maximum absolute atomic E-state index is 12.9. The Labute approximate surface area is 347 Å². The summed E-state index contributed by atoms with van der Waals surface area (Å²) in [5.74, 6) is 29.9. The van der Waals surface area contributed by atoms with Crippen molar-refractivity contribution >= 4 is 27.4 Å². The normalized spacial score (nSPS) is 20.6. The second-order valence-electron chi connectivity index (χ2n) is 13.4. The van der Waals surface area contributed by atoms with Gasteiger partial charge in [0.05, 0.1) is 25.0 Å². The lowest BCUT2D eigenvalue weighted by Gasteiger charge is -2.43. The minimum Gasteiger partial charge on any atom is -0.456 e. The molecule has 1 fully saturated rings. The molecule has 4 unspecified atom stereocenters. The number of aliphatic hydroxyl groups is 4. The van der Waals surface area contributed by atoms with Crippen molar-refractivity contribution in [2.75, 3.05) is 19.4 Å². The van der Waals surface area contributed by atoms with Gasteiger partial charge in [-0.2, -0.15) is 0 Å². The lowest BCUT2D eigenvalue weighted by molar-refractivity contribution is -0.197. The van der Waals surface area contributed by atoms with Crippen molar-refractivity contribution in [1.29, 1.82) is 0 Å². The Bertz CT molecular complexity index is 1880. The third-order valence-corrected chi connectivity index (χ3v) is 10.4. The highest BCUT2D eigenvalue weighted by atomic mass is 31.2. The van der Waals surface area contributed by atoms with Crippen molar-refractivity contribution in [2.45, 2.75) is 140 Å². The standard InChI is InChI=1S/C42H54O15P2/c1-3-5-7-9-11-13-15-17-19-21-23-25-27-29-36(43)54-31-34(56-37(44)30-28-26-24-22-20-18-16-14-12-10-8-6-4-2)32-55-59(52,53)57-42-39(46)35(33-58(49,50)51)38(45)40(47)41(42)48/h34-35,38-42,45-48H,4,6,8,10,12,14,16,18,20,22,24,26,28,30-33H2,1-2H3,(H,52,53)(H2,49,50,51)/t34-,35+,38?,39?,40-,41-,42?/m1/s1. The van der Waals surface area contributed by atoms with E-state index in [0.717, 1.165) is 32.1 Å². The number of phosphoric ester groups is 1. The molecule has 8 atom stereocenters. The summed E-state index contributed by atoms with van der Waals surface area (Å²) in [5, 5.41) is 41.3. The maximum Gasteiger partial charge on any atom is 0.472 e. The van der Waals surface area contributed by atoms with Crippen LogP contribution in [0.3, 0.4) is 0 Å². The number of aliphatic hydroxyl groups excluding tert-OH is 4. The fourth-order valence-corrected chi connectivity index (χ4v) is 7.54. The lowest BCUT2D eigenvalue weighted by Crippen LogP contribution is -2.62. The predicted molar refractivity (Wildman–Crippen MR) is 216 cm³/mol. The van der Waals surface area contributed by atoms with Crippen LogP contribution in [0.15, 0.2) is 0 Å². The quantitative estimate of drug-likeness (QED) is 0.0243. The molecule has 322 valence electrons. The van der Waals surface area contributed by atoms with Gasteiger partial charge in [0.15, 0.2) is 6.10 Å². The Morgan fingerprint density at radius 1 is 0.610 bits per heavy atom. The highest BCUT2D eigenvalue weighted by Crippen LogP contribution is 2.49. The largest absolute Gasteiger partial charge is 0.472 e. The molecule has 0 aliphatic heterocycles. The van der Waals surface area contributed by atoms with Crippen LogP contribution >= 0.6 is 15.4 Å². The summed E-state index contributed by atoms with van der Waals surface area (Å²) in [6.07, 6.45) is 0.895. The minimum atomic E-state index is -5.32.